The van der Waals surface area contributed by atoms with Gasteiger partial charge in [-0.25, -0.2) is 4.79 Å². The molecule has 0 radical (unpaired) electrons. The molecule has 0 heterocycles. The number of benzene rings is 1. The smallest absolute Gasteiger partial charge is 0.335 e. The lowest BCUT2D eigenvalue weighted by Crippen LogP contribution is -1.95. The van der Waals surface area contributed by atoms with E-state index < -0.39 is 5.97 Å². The molecule has 2 nitrogen and oxygen atoms in total. The van der Waals surface area contributed by atoms with Crippen LogP contribution in [0, 0.1) is 6.92 Å². The Morgan fingerprint density at radius 1 is 1.42 bits per heavy atom. The largest absolute Gasteiger partial charge is 0.478 e. The van der Waals surface area contributed by atoms with E-state index in [0.717, 1.165) is 5.56 Å². The Labute approximate surface area is 81.6 Å². The number of hydrogen-bond acceptors (Lipinski definition) is 1. The first-order chi connectivity index (χ1) is 5.09. The monoisotopic (exact) mass is 206 g/mol. The topological polar surface area (TPSA) is 37.3 Å². The molecular formula is C8H8Cl2O2. The Hall–Kier alpha value is -0.730. The maximum atomic E-state index is 10.4. The fourth-order valence-corrected chi connectivity index (χ4v) is 1.15. The first-order valence-electron chi connectivity index (χ1n) is 3.10. The maximum absolute atomic E-state index is 10.4. The van der Waals surface area contributed by atoms with Gasteiger partial charge in [-0.15, -0.1) is 12.4 Å². The summed E-state index contributed by atoms with van der Waals surface area (Å²) < 4.78 is 0. The summed E-state index contributed by atoms with van der Waals surface area (Å²) in [4.78, 5) is 10.4. The van der Waals surface area contributed by atoms with Gasteiger partial charge in [0.1, 0.15) is 0 Å². The van der Waals surface area contributed by atoms with Crippen LogP contribution >= 0.6 is 24.0 Å². The van der Waals surface area contributed by atoms with Gasteiger partial charge in [-0.2, -0.15) is 0 Å². The van der Waals surface area contributed by atoms with E-state index in [-0.39, 0.29) is 18.0 Å². The molecule has 1 rings (SSSR count). The molecule has 1 aromatic carbocycles. The second-order valence-corrected chi connectivity index (χ2v) is 2.76. The third kappa shape index (κ3) is 2.72. The van der Waals surface area contributed by atoms with E-state index in [0.29, 0.717) is 5.02 Å². The van der Waals surface area contributed by atoms with E-state index in [9.17, 15) is 4.79 Å². The molecule has 0 spiro atoms. The number of rotatable bonds is 1. The van der Waals surface area contributed by atoms with E-state index in [1.54, 1.807) is 19.1 Å². The summed E-state index contributed by atoms with van der Waals surface area (Å²) in [5, 5.41) is 9.04. The summed E-state index contributed by atoms with van der Waals surface area (Å²) in [5.74, 6) is -0.949. The van der Waals surface area contributed by atoms with Crippen LogP contribution in [-0.2, 0) is 0 Å². The van der Waals surface area contributed by atoms with Crippen molar-refractivity contribution in [3.8, 4) is 0 Å². The molecule has 0 fully saturated rings. The van der Waals surface area contributed by atoms with Crippen LogP contribution < -0.4 is 0 Å². The van der Waals surface area contributed by atoms with Crippen LogP contribution in [0.1, 0.15) is 15.9 Å². The Morgan fingerprint density at radius 3 is 2.42 bits per heavy atom. The fraction of sp³-hybridized carbons (Fsp3) is 0.125. The number of carboxylic acids is 1. The molecule has 66 valence electrons. The molecule has 12 heavy (non-hydrogen) atoms. The first-order valence-corrected chi connectivity index (χ1v) is 3.48. The summed E-state index contributed by atoms with van der Waals surface area (Å²) >= 11 is 5.63. The highest BCUT2D eigenvalue weighted by atomic mass is 35.5. The summed E-state index contributed by atoms with van der Waals surface area (Å²) in [6.45, 7) is 1.80. The number of halogens is 2. The van der Waals surface area contributed by atoms with Crippen molar-refractivity contribution in [1.29, 1.82) is 0 Å². The van der Waals surface area contributed by atoms with Gasteiger partial charge in [0, 0.05) is 5.02 Å². The molecule has 0 atom stereocenters. The quantitative estimate of drug-likeness (QED) is 0.768. The van der Waals surface area contributed by atoms with Crippen LogP contribution in [-0.4, -0.2) is 11.1 Å². The Kier molecular flexibility index (Phi) is 4.07. The number of hydrogen-bond donors (Lipinski definition) is 1. The molecule has 0 aliphatic rings. The van der Waals surface area contributed by atoms with Crippen molar-refractivity contribution in [2.75, 3.05) is 0 Å². The van der Waals surface area contributed by atoms with E-state index >= 15 is 0 Å². The molecule has 0 aliphatic carbocycles. The van der Waals surface area contributed by atoms with Crippen LogP contribution in [0.3, 0.4) is 0 Å². The minimum Gasteiger partial charge on any atom is -0.478 e. The lowest BCUT2D eigenvalue weighted by molar-refractivity contribution is 0.0697. The lowest BCUT2D eigenvalue weighted by Gasteiger charge is -1.97. The average molecular weight is 207 g/mol. The molecule has 1 N–H and O–H groups in total. The van der Waals surface area contributed by atoms with Crippen molar-refractivity contribution in [3.63, 3.8) is 0 Å². The van der Waals surface area contributed by atoms with Crippen molar-refractivity contribution in [2.24, 2.45) is 0 Å². The SMILES string of the molecule is Cc1cc(Cl)cc(C(=O)O)c1.Cl. The van der Waals surface area contributed by atoms with Gasteiger partial charge in [0.25, 0.3) is 0 Å². The summed E-state index contributed by atoms with van der Waals surface area (Å²) in [6, 6.07) is 4.72. The molecule has 4 heteroatoms. The third-order valence-corrected chi connectivity index (χ3v) is 1.51. The predicted molar refractivity (Wildman–Crippen MR) is 50.4 cm³/mol. The zero-order valence-electron chi connectivity index (χ0n) is 6.37. The van der Waals surface area contributed by atoms with E-state index in [2.05, 4.69) is 0 Å². The molecular weight excluding hydrogens is 199 g/mol. The molecule has 0 bridgehead atoms. The maximum Gasteiger partial charge on any atom is 0.335 e. The van der Waals surface area contributed by atoms with Gasteiger partial charge in [0.2, 0.25) is 0 Å². The predicted octanol–water partition coefficient (Wildman–Crippen LogP) is 2.77. The van der Waals surface area contributed by atoms with Crippen LogP contribution in [0.5, 0.6) is 0 Å². The normalized spacial score (nSPS) is 8.83. The van der Waals surface area contributed by atoms with Crippen molar-refractivity contribution < 1.29 is 9.90 Å². The zero-order valence-corrected chi connectivity index (χ0v) is 7.95. The third-order valence-electron chi connectivity index (χ3n) is 1.29. The van der Waals surface area contributed by atoms with E-state index in [1.807, 2.05) is 0 Å². The van der Waals surface area contributed by atoms with E-state index in [1.165, 1.54) is 6.07 Å². The van der Waals surface area contributed by atoms with Gasteiger partial charge in [-0.1, -0.05) is 11.6 Å². The average Bonchev–Trinajstić information content (AvgIpc) is 1.85. The molecule has 0 unspecified atom stereocenters. The van der Waals surface area contributed by atoms with Crippen LogP contribution in [0.25, 0.3) is 0 Å². The van der Waals surface area contributed by atoms with Gasteiger partial charge in [-0.05, 0) is 30.7 Å². The van der Waals surface area contributed by atoms with Crippen molar-refractivity contribution >= 4 is 30.0 Å². The van der Waals surface area contributed by atoms with Crippen molar-refractivity contribution in [2.45, 2.75) is 6.92 Å². The molecule has 0 aliphatic heterocycles. The number of aromatic carboxylic acids is 1. The highest BCUT2D eigenvalue weighted by Gasteiger charge is 2.03. The lowest BCUT2D eigenvalue weighted by atomic mass is 10.1. The zero-order chi connectivity index (χ0) is 8.43. The Balaban J connectivity index is 0.00000121. The number of carboxylic acid groups (broad SMARTS) is 1. The molecule has 1 aromatic rings. The standard InChI is InChI=1S/C8H7ClO2.ClH/c1-5-2-6(8(10)11)4-7(9)3-5;/h2-4H,1H3,(H,10,11);1H. The summed E-state index contributed by atoms with van der Waals surface area (Å²) in [7, 11) is 0. The van der Waals surface area contributed by atoms with Gasteiger partial charge >= 0.3 is 5.97 Å². The van der Waals surface area contributed by atoms with Crippen LogP contribution in [0.2, 0.25) is 5.02 Å². The minimum absolute atomic E-state index is 0. The highest BCUT2D eigenvalue weighted by Crippen LogP contribution is 2.14. The second kappa shape index (κ2) is 4.33. The van der Waals surface area contributed by atoms with Gasteiger partial charge in [0.05, 0.1) is 5.56 Å². The molecule has 0 saturated carbocycles. The molecule has 0 aromatic heterocycles. The summed E-state index contributed by atoms with van der Waals surface area (Å²) in [5.41, 5.74) is 1.09. The Bertz CT molecular complexity index is 277. The number of carbonyl (C=O) groups is 1. The minimum atomic E-state index is -0.949. The van der Waals surface area contributed by atoms with Gasteiger partial charge in [-0.3, -0.25) is 0 Å². The van der Waals surface area contributed by atoms with Crippen LogP contribution in [0.15, 0.2) is 18.2 Å². The van der Waals surface area contributed by atoms with E-state index in [4.69, 9.17) is 16.7 Å². The van der Waals surface area contributed by atoms with Crippen LogP contribution in [0.4, 0.5) is 0 Å². The Morgan fingerprint density at radius 2 is 2.00 bits per heavy atom. The molecule has 0 saturated heterocycles. The summed E-state index contributed by atoms with van der Waals surface area (Å²) in [6.07, 6.45) is 0. The highest BCUT2D eigenvalue weighted by molar-refractivity contribution is 6.31. The number of aryl methyl sites for hydroxylation is 1. The molecule has 0 amide bonds. The fourth-order valence-electron chi connectivity index (χ4n) is 0.860. The second-order valence-electron chi connectivity index (χ2n) is 2.32. The van der Waals surface area contributed by atoms with Crippen molar-refractivity contribution in [3.05, 3.63) is 34.3 Å². The van der Waals surface area contributed by atoms with Crippen molar-refractivity contribution in [1.82, 2.24) is 0 Å². The van der Waals surface area contributed by atoms with Gasteiger partial charge < -0.3 is 5.11 Å². The van der Waals surface area contributed by atoms with Gasteiger partial charge in [0.15, 0.2) is 0 Å². The first kappa shape index (κ1) is 11.3.